The highest BCUT2D eigenvalue weighted by atomic mass is 35.5. The lowest BCUT2D eigenvalue weighted by atomic mass is 10.2. The van der Waals surface area contributed by atoms with E-state index in [2.05, 4.69) is 10.2 Å². The molecule has 0 spiro atoms. The Morgan fingerprint density at radius 1 is 0.875 bits per heavy atom. The molecule has 166 valence electrons. The molecule has 4 rings (SSSR count). The van der Waals surface area contributed by atoms with Crippen LogP contribution >= 0.6 is 11.6 Å². The van der Waals surface area contributed by atoms with E-state index in [-0.39, 0.29) is 15.5 Å². The van der Waals surface area contributed by atoms with Gasteiger partial charge in [0.15, 0.2) is 0 Å². The van der Waals surface area contributed by atoms with Gasteiger partial charge in [0.05, 0.1) is 15.5 Å². The number of hydrogen-bond donors (Lipinski definition) is 1. The van der Waals surface area contributed by atoms with E-state index in [1.807, 2.05) is 60.7 Å². The van der Waals surface area contributed by atoms with Crippen molar-refractivity contribution >= 4 is 33.2 Å². The molecule has 3 aromatic rings. The molecule has 1 fully saturated rings. The summed E-state index contributed by atoms with van der Waals surface area (Å²) in [5.41, 5.74) is 2.16. The molecule has 3 aromatic carbocycles. The number of benzene rings is 3. The first-order valence-corrected chi connectivity index (χ1v) is 12.2. The second-order valence-corrected chi connectivity index (χ2v) is 9.88. The maximum Gasteiger partial charge on any atom is 0.253 e. The van der Waals surface area contributed by atoms with Gasteiger partial charge in [-0.3, -0.25) is 4.79 Å². The number of sulfonamides is 1. The van der Waals surface area contributed by atoms with Gasteiger partial charge in [0.2, 0.25) is 10.0 Å². The van der Waals surface area contributed by atoms with Crippen LogP contribution in [0, 0.1) is 0 Å². The zero-order valence-electron chi connectivity index (χ0n) is 17.4. The number of carbonyl (C=O) groups excluding carboxylic acids is 1. The zero-order chi connectivity index (χ0) is 22.6. The van der Waals surface area contributed by atoms with Gasteiger partial charge in [-0.25, -0.2) is 8.42 Å². The van der Waals surface area contributed by atoms with Gasteiger partial charge in [0, 0.05) is 38.4 Å². The molecule has 1 amide bonds. The molecule has 1 saturated heterocycles. The van der Waals surface area contributed by atoms with Crippen LogP contribution in [-0.4, -0.2) is 44.8 Å². The van der Waals surface area contributed by atoms with Crippen molar-refractivity contribution in [2.24, 2.45) is 0 Å². The highest BCUT2D eigenvalue weighted by Gasteiger charge is 2.29. The van der Waals surface area contributed by atoms with E-state index in [4.69, 9.17) is 11.6 Å². The summed E-state index contributed by atoms with van der Waals surface area (Å²) < 4.78 is 27.9. The van der Waals surface area contributed by atoms with E-state index in [0.29, 0.717) is 32.7 Å². The molecular formula is C24H24ClN3O3S. The smallest absolute Gasteiger partial charge is 0.253 e. The van der Waals surface area contributed by atoms with Gasteiger partial charge in [-0.15, -0.1) is 0 Å². The van der Waals surface area contributed by atoms with Crippen LogP contribution < -0.4 is 10.2 Å². The fourth-order valence-corrected chi connectivity index (χ4v) is 5.34. The van der Waals surface area contributed by atoms with Gasteiger partial charge in [-0.05, 0) is 35.9 Å². The summed E-state index contributed by atoms with van der Waals surface area (Å²) in [5, 5.41) is 3.01. The van der Waals surface area contributed by atoms with Crippen molar-refractivity contribution in [1.82, 2.24) is 9.62 Å². The summed E-state index contributed by atoms with van der Waals surface area (Å²) in [6.45, 7) is 2.27. The first kappa shape index (κ1) is 22.3. The lowest BCUT2D eigenvalue weighted by molar-refractivity contribution is 0.0951. The van der Waals surface area contributed by atoms with E-state index in [1.165, 1.54) is 22.5 Å². The van der Waals surface area contributed by atoms with E-state index < -0.39 is 15.9 Å². The highest BCUT2D eigenvalue weighted by Crippen LogP contribution is 2.25. The second-order valence-electron chi connectivity index (χ2n) is 7.54. The number of halogens is 1. The normalized spacial score (nSPS) is 14.8. The number of rotatable bonds is 6. The Morgan fingerprint density at radius 2 is 1.50 bits per heavy atom. The molecule has 0 aliphatic carbocycles. The average Bonchev–Trinajstić information content (AvgIpc) is 2.84. The minimum atomic E-state index is -3.74. The zero-order valence-corrected chi connectivity index (χ0v) is 19.0. The van der Waals surface area contributed by atoms with Crippen LogP contribution in [-0.2, 0) is 16.6 Å². The second kappa shape index (κ2) is 9.73. The third-order valence-corrected chi connectivity index (χ3v) is 7.70. The molecule has 0 aromatic heterocycles. The van der Waals surface area contributed by atoms with Crippen LogP contribution in [0.1, 0.15) is 15.9 Å². The Labute approximate surface area is 193 Å². The maximum absolute atomic E-state index is 13.2. The molecule has 8 heteroatoms. The standard InChI is InChI=1S/C24H24ClN3O3S/c25-23-12-11-21(17-22(23)24(29)26-18-19-7-3-1-4-8-19)32(30,31)28-15-13-27(14-16-28)20-9-5-2-6-10-20/h1-12,17H,13-16,18H2,(H,26,29). The van der Waals surface area contributed by atoms with Crippen LogP contribution in [0.3, 0.4) is 0 Å². The van der Waals surface area contributed by atoms with Crippen molar-refractivity contribution in [1.29, 1.82) is 0 Å². The van der Waals surface area contributed by atoms with Gasteiger partial charge < -0.3 is 10.2 Å². The molecule has 0 unspecified atom stereocenters. The Balaban J connectivity index is 1.46. The summed E-state index contributed by atoms with van der Waals surface area (Å²) in [4.78, 5) is 14.9. The van der Waals surface area contributed by atoms with Crippen LogP contribution in [0.2, 0.25) is 5.02 Å². The van der Waals surface area contributed by atoms with Crippen LogP contribution in [0.25, 0.3) is 0 Å². The molecule has 0 radical (unpaired) electrons. The quantitative estimate of drug-likeness (QED) is 0.596. The summed E-state index contributed by atoms with van der Waals surface area (Å²) in [7, 11) is -3.74. The molecule has 32 heavy (non-hydrogen) atoms. The van der Waals surface area contributed by atoms with Crippen molar-refractivity contribution in [3.05, 3.63) is 95.0 Å². The van der Waals surface area contributed by atoms with Crippen LogP contribution in [0.15, 0.2) is 83.8 Å². The van der Waals surface area contributed by atoms with E-state index in [9.17, 15) is 13.2 Å². The minimum Gasteiger partial charge on any atom is -0.369 e. The Kier molecular flexibility index (Phi) is 6.79. The number of para-hydroxylation sites is 1. The average molecular weight is 470 g/mol. The minimum absolute atomic E-state index is 0.0694. The van der Waals surface area contributed by atoms with Crippen LogP contribution in [0.4, 0.5) is 5.69 Å². The number of nitrogens with zero attached hydrogens (tertiary/aromatic N) is 2. The molecule has 0 saturated carbocycles. The van der Waals surface area contributed by atoms with Crippen molar-refractivity contribution in [2.45, 2.75) is 11.4 Å². The van der Waals surface area contributed by atoms with E-state index in [0.717, 1.165) is 11.3 Å². The molecule has 1 aliphatic rings. The molecular weight excluding hydrogens is 446 g/mol. The lowest BCUT2D eigenvalue weighted by Gasteiger charge is -2.35. The fraction of sp³-hybridized carbons (Fsp3) is 0.208. The van der Waals surface area contributed by atoms with Crippen molar-refractivity contribution in [2.75, 3.05) is 31.1 Å². The monoisotopic (exact) mass is 469 g/mol. The number of anilines is 1. The Morgan fingerprint density at radius 3 is 2.16 bits per heavy atom. The van der Waals surface area contributed by atoms with Gasteiger partial charge in [0.1, 0.15) is 0 Å². The molecule has 6 nitrogen and oxygen atoms in total. The van der Waals surface area contributed by atoms with Crippen molar-refractivity contribution in [3.8, 4) is 0 Å². The summed E-state index contributed by atoms with van der Waals surface area (Å²) in [5.74, 6) is -0.412. The van der Waals surface area contributed by atoms with Crippen molar-refractivity contribution in [3.63, 3.8) is 0 Å². The van der Waals surface area contributed by atoms with Gasteiger partial charge in [-0.1, -0.05) is 60.1 Å². The Hall–Kier alpha value is -2.87. The van der Waals surface area contributed by atoms with Crippen LogP contribution in [0.5, 0.6) is 0 Å². The molecule has 1 N–H and O–H groups in total. The summed E-state index contributed by atoms with van der Waals surface area (Å²) in [6.07, 6.45) is 0. The number of piperazine rings is 1. The van der Waals surface area contributed by atoms with Gasteiger partial charge >= 0.3 is 0 Å². The lowest BCUT2D eigenvalue weighted by Crippen LogP contribution is -2.48. The first-order valence-electron chi connectivity index (χ1n) is 10.4. The molecule has 1 aliphatic heterocycles. The topological polar surface area (TPSA) is 69.7 Å². The van der Waals surface area contributed by atoms with E-state index in [1.54, 1.807) is 0 Å². The number of carbonyl (C=O) groups is 1. The predicted molar refractivity (Wildman–Crippen MR) is 126 cm³/mol. The first-order chi connectivity index (χ1) is 15.4. The maximum atomic E-state index is 13.2. The summed E-state index contributed by atoms with van der Waals surface area (Å²) >= 11 is 6.22. The van der Waals surface area contributed by atoms with E-state index >= 15 is 0 Å². The highest BCUT2D eigenvalue weighted by molar-refractivity contribution is 7.89. The SMILES string of the molecule is O=C(NCc1ccccc1)c1cc(S(=O)(=O)N2CCN(c3ccccc3)CC2)ccc1Cl. The van der Waals surface area contributed by atoms with Gasteiger partial charge in [0.25, 0.3) is 5.91 Å². The molecule has 1 heterocycles. The summed E-state index contributed by atoms with van der Waals surface area (Å²) in [6, 6.07) is 23.7. The molecule has 0 atom stereocenters. The largest absolute Gasteiger partial charge is 0.369 e. The number of hydrogen-bond acceptors (Lipinski definition) is 4. The van der Waals surface area contributed by atoms with Gasteiger partial charge in [-0.2, -0.15) is 4.31 Å². The fourth-order valence-electron chi connectivity index (χ4n) is 3.69. The molecule has 0 bridgehead atoms. The number of nitrogens with one attached hydrogen (secondary N) is 1. The third kappa shape index (κ3) is 4.96. The predicted octanol–water partition coefficient (Wildman–Crippen LogP) is 3.78. The third-order valence-electron chi connectivity index (χ3n) is 5.48. The number of amides is 1. The Bertz CT molecular complexity index is 1180. The van der Waals surface area contributed by atoms with Crippen molar-refractivity contribution < 1.29 is 13.2 Å².